The minimum absolute atomic E-state index is 0.171. The Kier molecular flexibility index (Phi) is 8.16. The van der Waals surface area contributed by atoms with E-state index in [1.165, 1.54) is 0 Å². The van der Waals surface area contributed by atoms with Gasteiger partial charge in [0.2, 0.25) is 0 Å². The smallest absolute Gasteiger partial charge is 0.317 e. The molecule has 0 aliphatic rings. The molecule has 18 heavy (non-hydrogen) atoms. The van der Waals surface area contributed by atoms with E-state index in [0.717, 1.165) is 12.8 Å². The lowest BCUT2D eigenvalue weighted by atomic mass is 10.0. The normalized spacial score (nSPS) is 13.8. The number of carbonyl (C=O) groups is 2. The molecule has 0 saturated carbocycles. The van der Waals surface area contributed by atoms with E-state index in [2.05, 4.69) is 5.32 Å². The molecule has 0 aliphatic carbocycles. The Morgan fingerprint density at radius 1 is 1.28 bits per heavy atom. The van der Waals surface area contributed by atoms with Crippen LogP contribution in [0.2, 0.25) is 0 Å². The van der Waals surface area contributed by atoms with Gasteiger partial charge >= 0.3 is 12.0 Å². The molecule has 0 radical (unpaired) electrons. The van der Waals surface area contributed by atoms with Crippen molar-refractivity contribution in [2.45, 2.75) is 53.0 Å². The summed E-state index contributed by atoms with van der Waals surface area (Å²) in [5.41, 5.74) is 0. The summed E-state index contributed by atoms with van der Waals surface area (Å²) >= 11 is 0. The van der Waals surface area contributed by atoms with Gasteiger partial charge in [0.05, 0.1) is 5.92 Å². The maximum absolute atomic E-state index is 11.9. The van der Waals surface area contributed by atoms with Crippen LogP contribution >= 0.6 is 0 Å². The van der Waals surface area contributed by atoms with Gasteiger partial charge in [0.25, 0.3) is 0 Å². The van der Waals surface area contributed by atoms with E-state index in [-0.39, 0.29) is 18.6 Å². The number of hydrogen-bond acceptors (Lipinski definition) is 2. The third kappa shape index (κ3) is 5.38. The summed E-state index contributed by atoms with van der Waals surface area (Å²) in [7, 11) is 0. The van der Waals surface area contributed by atoms with Crippen molar-refractivity contribution < 1.29 is 14.7 Å². The first kappa shape index (κ1) is 16.7. The Bertz CT molecular complexity index is 269. The molecule has 2 atom stereocenters. The van der Waals surface area contributed by atoms with Crippen LogP contribution in [-0.2, 0) is 4.79 Å². The van der Waals surface area contributed by atoms with Gasteiger partial charge in [-0.3, -0.25) is 4.79 Å². The van der Waals surface area contributed by atoms with Crippen molar-refractivity contribution >= 4 is 12.0 Å². The topological polar surface area (TPSA) is 69.6 Å². The van der Waals surface area contributed by atoms with Gasteiger partial charge in [-0.2, -0.15) is 0 Å². The fourth-order valence-electron chi connectivity index (χ4n) is 1.85. The van der Waals surface area contributed by atoms with Gasteiger partial charge in [0.1, 0.15) is 0 Å². The van der Waals surface area contributed by atoms with E-state index >= 15 is 0 Å². The highest BCUT2D eigenvalue weighted by atomic mass is 16.4. The number of nitrogens with one attached hydrogen (secondary N) is 1. The van der Waals surface area contributed by atoms with Crippen LogP contribution in [0.1, 0.15) is 47.0 Å². The molecule has 0 bridgehead atoms. The van der Waals surface area contributed by atoms with Gasteiger partial charge < -0.3 is 15.3 Å². The van der Waals surface area contributed by atoms with E-state index < -0.39 is 11.9 Å². The Morgan fingerprint density at radius 3 is 2.28 bits per heavy atom. The van der Waals surface area contributed by atoms with Crippen molar-refractivity contribution in [3.8, 4) is 0 Å². The summed E-state index contributed by atoms with van der Waals surface area (Å²) in [5.74, 6) is -1.33. The fourth-order valence-corrected chi connectivity index (χ4v) is 1.85. The monoisotopic (exact) mass is 258 g/mol. The van der Waals surface area contributed by atoms with Crippen LogP contribution in [0, 0.1) is 5.92 Å². The van der Waals surface area contributed by atoms with E-state index in [0.29, 0.717) is 13.0 Å². The number of amides is 2. The highest BCUT2D eigenvalue weighted by molar-refractivity contribution is 5.76. The fraction of sp³-hybridized carbons (Fsp3) is 0.846. The van der Waals surface area contributed by atoms with Gasteiger partial charge in [-0.1, -0.05) is 20.3 Å². The van der Waals surface area contributed by atoms with Crippen LogP contribution < -0.4 is 5.32 Å². The molecule has 0 rings (SSSR count). The summed E-state index contributed by atoms with van der Waals surface area (Å²) in [4.78, 5) is 24.6. The number of carboxylic acids is 1. The van der Waals surface area contributed by atoms with Gasteiger partial charge in [-0.25, -0.2) is 4.79 Å². The first-order chi connectivity index (χ1) is 8.47. The number of rotatable bonds is 8. The lowest BCUT2D eigenvalue weighted by Crippen LogP contribution is -2.46. The highest BCUT2D eigenvalue weighted by Gasteiger charge is 2.20. The molecule has 106 valence electrons. The molecule has 0 aliphatic heterocycles. The van der Waals surface area contributed by atoms with Crippen LogP contribution in [0.25, 0.3) is 0 Å². The van der Waals surface area contributed by atoms with Gasteiger partial charge in [-0.05, 0) is 26.7 Å². The molecule has 0 saturated heterocycles. The van der Waals surface area contributed by atoms with Crippen LogP contribution in [0.3, 0.4) is 0 Å². The predicted molar refractivity (Wildman–Crippen MR) is 71.6 cm³/mol. The molecule has 2 unspecified atom stereocenters. The largest absolute Gasteiger partial charge is 0.481 e. The minimum Gasteiger partial charge on any atom is -0.481 e. The van der Waals surface area contributed by atoms with E-state index in [9.17, 15) is 9.59 Å². The quantitative estimate of drug-likeness (QED) is 0.702. The van der Waals surface area contributed by atoms with Gasteiger partial charge in [0.15, 0.2) is 0 Å². The average molecular weight is 258 g/mol. The Hall–Kier alpha value is -1.26. The SMILES string of the molecule is CCCC(CNC(=O)N(CC)C(C)CC)C(=O)O. The number of hydrogen-bond donors (Lipinski definition) is 2. The van der Waals surface area contributed by atoms with Gasteiger partial charge in [-0.15, -0.1) is 0 Å². The molecule has 0 aromatic carbocycles. The zero-order valence-electron chi connectivity index (χ0n) is 11.9. The third-order valence-electron chi connectivity index (χ3n) is 3.21. The van der Waals surface area contributed by atoms with Gasteiger partial charge in [0, 0.05) is 19.1 Å². The third-order valence-corrected chi connectivity index (χ3v) is 3.21. The number of carbonyl (C=O) groups excluding carboxylic acids is 1. The lowest BCUT2D eigenvalue weighted by molar-refractivity contribution is -0.141. The molecular formula is C13H26N2O3. The lowest BCUT2D eigenvalue weighted by Gasteiger charge is -2.28. The summed E-state index contributed by atoms with van der Waals surface area (Å²) < 4.78 is 0. The van der Waals surface area contributed by atoms with Crippen molar-refractivity contribution in [2.75, 3.05) is 13.1 Å². The summed E-state index contributed by atoms with van der Waals surface area (Å²) in [6.45, 7) is 8.71. The molecule has 2 amide bonds. The highest BCUT2D eigenvalue weighted by Crippen LogP contribution is 2.07. The van der Waals surface area contributed by atoms with Crippen molar-refractivity contribution in [3.05, 3.63) is 0 Å². The molecule has 2 N–H and O–H groups in total. The molecular weight excluding hydrogens is 232 g/mol. The average Bonchev–Trinajstić information content (AvgIpc) is 2.34. The Morgan fingerprint density at radius 2 is 1.89 bits per heavy atom. The van der Waals surface area contributed by atoms with Crippen LogP contribution in [0.4, 0.5) is 4.79 Å². The second-order valence-electron chi connectivity index (χ2n) is 4.55. The minimum atomic E-state index is -0.844. The van der Waals surface area contributed by atoms with Crippen molar-refractivity contribution in [2.24, 2.45) is 5.92 Å². The number of aliphatic carboxylic acids is 1. The maximum Gasteiger partial charge on any atom is 0.317 e. The molecule has 5 nitrogen and oxygen atoms in total. The zero-order chi connectivity index (χ0) is 14.1. The number of nitrogens with zero attached hydrogens (tertiary/aromatic N) is 1. The maximum atomic E-state index is 11.9. The summed E-state index contributed by atoms with van der Waals surface area (Å²) in [6, 6.07) is -0.00124. The summed E-state index contributed by atoms with van der Waals surface area (Å²) in [5, 5.41) is 11.7. The second kappa shape index (κ2) is 8.78. The molecule has 0 spiro atoms. The van der Waals surface area contributed by atoms with Crippen molar-refractivity contribution in [1.29, 1.82) is 0 Å². The predicted octanol–water partition coefficient (Wildman–Crippen LogP) is 2.32. The van der Waals surface area contributed by atoms with Crippen molar-refractivity contribution in [3.63, 3.8) is 0 Å². The zero-order valence-corrected chi connectivity index (χ0v) is 11.9. The molecule has 5 heteroatoms. The summed E-state index contributed by atoms with van der Waals surface area (Å²) in [6.07, 6.45) is 2.28. The van der Waals surface area contributed by atoms with E-state index in [4.69, 9.17) is 5.11 Å². The Labute approximate surface area is 110 Å². The van der Waals surface area contributed by atoms with E-state index in [1.54, 1.807) is 4.90 Å². The second-order valence-corrected chi connectivity index (χ2v) is 4.55. The molecule has 0 aromatic rings. The van der Waals surface area contributed by atoms with Crippen molar-refractivity contribution in [1.82, 2.24) is 10.2 Å². The van der Waals surface area contributed by atoms with Crippen LogP contribution in [0.5, 0.6) is 0 Å². The standard InChI is InChI=1S/C13H26N2O3/c1-5-8-11(12(16)17)9-14-13(18)15(7-3)10(4)6-2/h10-11H,5-9H2,1-4H3,(H,14,18)(H,16,17). The molecule has 0 fully saturated rings. The first-order valence-electron chi connectivity index (χ1n) is 6.75. The van der Waals surface area contributed by atoms with Crippen LogP contribution in [0.15, 0.2) is 0 Å². The van der Waals surface area contributed by atoms with Crippen LogP contribution in [-0.4, -0.2) is 41.1 Å². The number of carboxylic acid groups (broad SMARTS) is 1. The number of urea groups is 1. The molecule has 0 heterocycles. The van der Waals surface area contributed by atoms with E-state index in [1.807, 2.05) is 27.7 Å². The molecule has 0 aromatic heterocycles. The Balaban J connectivity index is 4.32. The first-order valence-corrected chi connectivity index (χ1v) is 6.75.